The molecule has 0 aromatic heterocycles. The minimum absolute atomic E-state index is 0.138. The zero-order valence-corrected chi connectivity index (χ0v) is 9.44. The number of hydrogen-bond donors (Lipinski definition) is 2. The number of halogens is 1. The summed E-state index contributed by atoms with van der Waals surface area (Å²) in [6.07, 6.45) is -0.991. The third-order valence-corrected chi connectivity index (χ3v) is 3.03. The second-order valence-corrected chi connectivity index (χ2v) is 4.60. The lowest BCUT2D eigenvalue weighted by molar-refractivity contribution is -0.0898. The lowest BCUT2D eigenvalue weighted by Gasteiger charge is -2.45. The van der Waals surface area contributed by atoms with Crippen molar-refractivity contribution in [1.29, 1.82) is 0 Å². The lowest BCUT2D eigenvalue weighted by Crippen LogP contribution is -2.60. The molecule has 0 bridgehead atoms. The van der Waals surface area contributed by atoms with Gasteiger partial charge in [-0.25, -0.2) is 4.79 Å². The number of β-amino-alcohol motifs (C(OH)–C–C–N with tert-alkyl or cyclic N) is 1. The van der Waals surface area contributed by atoms with Crippen molar-refractivity contribution in [2.75, 3.05) is 13.1 Å². The van der Waals surface area contributed by atoms with Crippen molar-refractivity contribution in [3.05, 3.63) is 34.3 Å². The summed E-state index contributed by atoms with van der Waals surface area (Å²) in [6.45, 7) is 0.275. The van der Waals surface area contributed by atoms with Crippen LogP contribution in [-0.4, -0.2) is 34.3 Å². The van der Waals surface area contributed by atoms with Crippen molar-refractivity contribution in [2.24, 2.45) is 0 Å². The van der Waals surface area contributed by atoms with Crippen LogP contribution >= 0.6 is 15.9 Å². The SMILES string of the molecule is O=C(O)N1CC(O)(c2cccc(Br)c2)C1. The monoisotopic (exact) mass is 271 g/mol. The first-order chi connectivity index (χ1) is 7.01. The van der Waals surface area contributed by atoms with E-state index in [1.165, 1.54) is 4.90 Å². The molecule has 4 nitrogen and oxygen atoms in total. The Kier molecular flexibility index (Phi) is 2.44. The number of amides is 1. The van der Waals surface area contributed by atoms with Gasteiger partial charge in [-0.3, -0.25) is 0 Å². The zero-order chi connectivity index (χ0) is 11.1. The Balaban J connectivity index is 2.16. The smallest absolute Gasteiger partial charge is 0.407 e. The number of hydrogen-bond acceptors (Lipinski definition) is 2. The third kappa shape index (κ3) is 1.85. The highest BCUT2D eigenvalue weighted by Gasteiger charge is 2.45. The number of carbonyl (C=O) groups is 1. The first-order valence-electron chi connectivity index (χ1n) is 4.47. The minimum atomic E-state index is -1.03. The molecule has 1 amide bonds. The zero-order valence-electron chi connectivity index (χ0n) is 7.85. The van der Waals surface area contributed by atoms with Gasteiger partial charge in [0, 0.05) is 4.47 Å². The van der Waals surface area contributed by atoms with E-state index in [1.54, 1.807) is 12.1 Å². The van der Waals surface area contributed by atoms with Crippen molar-refractivity contribution >= 4 is 22.0 Å². The number of benzene rings is 1. The van der Waals surface area contributed by atoms with Crippen LogP contribution in [-0.2, 0) is 5.60 Å². The predicted molar refractivity (Wildman–Crippen MR) is 57.6 cm³/mol. The van der Waals surface area contributed by atoms with Gasteiger partial charge in [-0.15, -0.1) is 0 Å². The summed E-state index contributed by atoms with van der Waals surface area (Å²) in [5.41, 5.74) is -0.281. The maximum Gasteiger partial charge on any atom is 0.407 e. The fourth-order valence-corrected chi connectivity index (χ4v) is 2.08. The minimum Gasteiger partial charge on any atom is -0.465 e. The van der Waals surface area contributed by atoms with Crippen LogP contribution in [0.4, 0.5) is 4.79 Å². The molecule has 0 saturated carbocycles. The molecule has 0 radical (unpaired) electrons. The van der Waals surface area contributed by atoms with E-state index in [0.29, 0.717) is 0 Å². The van der Waals surface area contributed by atoms with Gasteiger partial charge >= 0.3 is 6.09 Å². The van der Waals surface area contributed by atoms with Crippen LogP contribution in [0, 0.1) is 0 Å². The van der Waals surface area contributed by atoms with Gasteiger partial charge in [0.05, 0.1) is 13.1 Å². The Hall–Kier alpha value is -1.07. The number of rotatable bonds is 1. The summed E-state index contributed by atoms with van der Waals surface area (Å²) in [6, 6.07) is 7.28. The highest BCUT2D eigenvalue weighted by molar-refractivity contribution is 9.10. The van der Waals surface area contributed by atoms with Gasteiger partial charge in [-0.2, -0.15) is 0 Å². The lowest BCUT2D eigenvalue weighted by atomic mass is 9.86. The van der Waals surface area contributed by atoms with E-state index in [2.05, 4.69) is 15.9 Å². The molecule has 2 rings (SSSR count). The van der Waals surface area contributed by atoms with Crippen LogP contribution in [0.25, 0.3) is 0 Å². The molecule has 1 aliphatic rings. The second-order valence-electron chi connectivity index (χ2n) is 3.68. The van der Waals surface area contributed by atoms with Gasteiger partial charge in [-0.05, 0) is 17.7 Å². The molecule has 1 aromatic carbocycles. The Morgan fingerprint density at radius 1 is 1.47 bits per heavy atom. The van der Waals surface area contributed by atoms with Crippen molar-refractivity contribution in [3.8, 4) is 0 Å². The van der Waals surface area contributed by atoms with Crippen LogP contribution in [0.15, 0.2) is 28.7 Å². The molecule has 15 heavy (non-hydrogen) atoms. The molecule has 80 valence electrons. The molecule has 2 N–H and O–H groups in total. The Morgan fingerprint density at radius 2 is 2.13 bits per heavy atom. The molecule has 1 aromatic rings. The molecule has 0 spiro atoms. The van der Waals surface area contributed by atoms with E-state index in [1.807, 2.05) is 12.1 Å². The van der Waals surface area contributed by atoms with E-state index < -0.39 is 11.7 Å². The van der Waals surface area contributed by atoms with Gasteiger partial charge in [0.1, 0.15) is 5.60 Å². The summed E-state index contributed by atoms with van der Waals surface area (Å²) < 4.78 is 0.877. The van der Waals surface area contributed by atoms with E-state index in [-0.39, 0.29) is 13.1 Å². The standard InChI is InChI=1S/C10H10BrNO3/c11-8-3-1-2-7(4-8)10(15)5-12(6-10)9(13)14/h1-4,15H,5-6H2,(H,13,14). The molecule has 1 fully saturated rings. The molecule has 0 unspecified atom stereocenters. The number of aliphatic hydroxyl groups is 1. The molecule has 0 aliphatic carbocycles. The van der Waals surface area contributed by atoms with E-state index in [4.69, 9.17) is 5.11 Å². The Morgan fingerprint density at radius 3 is 2.67 bits per heavy atom. The van der Waals surface area contributed by atoms with Crippen LogP contribution < -0.4 is 0 Å². The van der Waals surface area contributed by atoms with Crippen LogP contribution in [0.3, 0.4) is 0 Å². The maximum atomic E-state index is 10.6. The molecular weight excluding hydrogens is 262 g/mol. The van der Waals surface area contributed by atoms with Gasteiger partial charge in [0.2, 0.25) is 0 Å². The highest BCUT2D eigenvalue weighted by atomic mass is 79.9. The van der Waals surface area contributed by atoms with E-state index >= 15 is 0 Å². The fraction of sp³-hybridized carbons (Fsp3) is 0.300. The number of likely N-dealkylation sites (tertiary alicyclic amines) is 1. The molecule has 1 heterocycles. The Labute approximate surface area is 95.3 Å². The maximum absolute atomic E-state index is 10.6. The van der Waals surface area contributed by atoms with Crippen LogP contribution in [0.2, 0.25) is 0 Å². The normalized spacial score (nSPS) is 18.4. The van der Waals surface area contributed by atoms with Crippen LogP contribution in [0.5, 0.6) is 0 Å². The second kappa shape index (κ2) is 3.50. The van der Waals surface area contributed by atoms with E-state index in [0.717, 1.165) is 10.0 Å². The summed E-state index contributed by atoms with van der Waals surface area (Å²) in [5, 5.41) is 18.8. The molecule has 1 saturated heterocycles. The van der Waals surface area contributed by atoms with Gasteiger partial charge in [0.25, 0.3) is 0 Å². The molecular formula is C10H10BrNO3. The topological polar surface area (TPSA) is 60.8 Å². The average molecular weight is 272 g/mol. The molecule has 1 aliphatic heterocycles. The van der Waals surface area contributed by atoms with Gasteiger partial charge < -0.3 is 15.1 Å². The number of nitrogens with zero attached hydrogens (tertiary/aromatic N) is 1. The van der Waals surface area contributed by atoms with Gasteiger partial charge in [0.15, 0.2) is 0 Å². The van der Waals surface area contributed by atoms with Crippen LogP contribution in [0.1, 0.15) is 5.56 Å². The van der Waals surface area contributed by atoms with Gasteiger partial charge in [-0.1, -0.05) is 28.1 Å². The molecule has 0 atom stereocenters. The third-order valence-electron chi connectivity index (χ3n) is 2.54. The summed E-state index contributed by atoms with van der Waals surface area (Å²) in [5.74, 6) is 0. The quantitative estimate of drug-likeness (QED) is 0.816. The van der Waals surface area contributed by atoms with Crippen molar-refractivity contribution in [3.63, 3.8) is 0 Å². The summed E-state index contributed by atoms with van der Waals surface area (Å²) in [4.78, 5) is 11.8. The average Bonchev–Trinajstić information content (AvgIpc) is 2.12. The summed E-state index contributed by atoms with van der Waals surface area (Å²) >= 11 is 3.31. The fourth-order valence-electron chi connectivity index (χ4n) is 1.68. The van der Waals surface area contributed by atoms with Crippen molar-refractivity contribution in [2.45, 2.75) is 5.60 Å². The summed E-state index contributed by atoms with van der Waals surface area (Å²) in [7, 11) is 0. The first-order valence-corrected chi connectivity index (χ1v) is 5.27. The highest BCUT2D eigenvalue weighted by Crippen LogP contribution is 2.32. The first kappa shape index (κ1) is 10.4. The largest absolute Gasteiger partial charge is 0.465 e. The van der Waals surface area contributed by atoms with Crippen molar-refractivity contribution < 1.29 is 15.0 Å². The Bertz CT molecular complexity index is 401. The molecule has 5 heteroatoms. The predicted octanol–water partition coefficient (Wildman–Crippen LogP) is 1.63. The van der Waals surface area contributed by atoms with E-state index in [9.17, 15) is 9.90 Å². The number of carboxylic acid groups (broad SMARTS) is 1. The van der Waals surface area contributed by atoms with Crippen molar-refractivity contribution in [1.82, 2.24) is 4.90 Å².